The minimum atomic E-state index is 0.726. The van der Waals surface area contributed by atoms with Gasteiger partial charge in [0.2, 0.25) is 0 Å². The molecule has 0 aromatic heterocycles. The van der Waals surface area contributed by atoms with Crippen molar-refractivity contribution in [1.82, 2.24) is 9.80 Å². The second kappa shape index (κ2) is 7.42. The number of benzene rings is 1. The van der Waals surface area contributed by atoms with Gasteiger partial charge in [0.25, 0.3) is 0 Å². The van der Waals surface area contributed by atoms with Crippen LogP contribution in [-0.2, 0) is 6.54 Å². The van der Waals surface area contributed by atoms with Crippen molar-refractivity contribution < 1.29 is 0 Å². The fraction of sp³-hybridized carbons (Fsp3) is 0.588. The van der Waals surface area contributed by atoms with E-state index in [1.807, 2.05) is 18.2 Å². The number of hydrogen-bond acceptors (Lipinski definition) is 3. The second-order valence-electron chi connectivity index (χ2n) is 5.89. The summed E-state index contributed by atoms with van der Waals surface area (Å²) in [6.07, 6.45) is 4.05. The zero-order valence-electron chi connectivity index (χ0n) is 12.7. The molecule has 1 fully saturated rings. The number of nitrogens with zero attached hydrogens (tertiary/aromatic N) is 3. The number of hydrogen-bond donors (Lipinski definition) is 0. The highest BCUT2D eigenvalue weighted by Crippen LogP contribution is 2.16. The first-order valence-corrected chi connectivity index (χ1v) is 7.61. The van der Waals surface area contributed by atoms with Gasteiger partial charge in [0.05, 0.1) is 11.6 Å². The molecular formula is C17H25N3. The second-order valence-corrected chi connectivity index (χ2v) is 5.89. The molecule has 0 spiro atoms. The van der Waals surface area contributed by atoms with Gasteiger partial charge < -0.3 is 4.90 Å². The lowest BCUT2D eigenvalue weighted by molar-refractivity contribution is 0.141. The monoisotopic (exact) mass is 271 g/mol. The van der Waals surface area contributed by atoms with E-state index in [9.17, 15) is 0 Å². The van der Waals surface area contributed by atoms with Crippen molar-refractivity contribution in [2.45, 2.75) is 38.8 Å². The van der Waals surface area contributed by atoms with Crippen molar-refractivity contribution >= 4 is 0 Å². The van der Waals surface area contributed by atoms with Crippen molar-refractivity contribution in [2.24, 2.45) is 0 Å². The summed E-state index contributed by atoms with van der Waals surface area (Å²) in [5, 5.41) is 9.12. The Morgan fingerprint density at radius 1 is 1.35 bits per heavy atom. The van der Waals surface area contributed by atoms with Gasteiger partial charge in [0.15, 0.2) is 0 Å². The molecule has 1 heterocycles. The third-order valence-electron chi connectivity index (χ3n) is 4.29. The van der Waals surface area contributed by atoms with Crippen LogP contribution in [0, 0.1) is 11.3 Å². The van der Waals surface area contributed by atoms with Gasteiger partial charge in [-0.1, -0.05) is 24.6 Å². The van der Waals surface area contributed by atoms with Gasteiger partial charge in [-0.2, -0.15) is 5.26 Å². The van der Waals surface area contributed by atoms with Gasteiger partial charge in [-0.3, -0.25) is 4.90 Å². The minimum Gasteiger partial charge on any atom is -0.301 e. The summed E-state index contributed by atoms with van der Waals surface area (Å²) in [6, 6.07) is 10.9. The summed E-state index contributed by atoms with van der Waals surface area (Å²) in [5.41, 5.74) is 1.93. The molecular weight excluding hydrogens is 246 g/mol. The Balaban J connectivity index is 1.83. The fourth-order valence-corrected chi connectivity index (χ4v) is 2.93. The Labute approximate surface area is 122 Å². The largest absolute Gasteiger partial charge is 0.301 e. The predicted molar refractivity (Wildman–Crippen MR) is 82.4 cm³/mol. The van der Waals surface area contributed by atoms with Crippen LogP contribution in [0.25, 0.3) is 0 Å². The molecule has 1 aliphatic heterocycles. The van der Waals surface area contributed by atoms with Crippen molar-refractivity contribution in [2.75, 3.05) is 26.7 Å². The average molecular weight is 271 g/mol. The van der Waals surface area contributed by atoms with Crippen molar-refractivity contribution in [1.29, 1.82) is 5.26 Å². The summed E-state index contributed by atoms with van der Waals surface area (Å²) in [5.74, 6) is 0. The van der Waals surface area contributed by atoms with E-state index in [1.54, 1.807) is 0 Å². The summed E-state index contributed by atoms with van der Waals surface area (Å²) in [7, 11) is 2.14. The van der Waals surface area contributed by atoms with E-state index in [1.165, 1.54) is 25.8 Å². The molecule has 20 heavy (non-hydrogen) atoms. The van der Waals surface area contributed by atoms with Crippen LogP contribution in [0.1, 0.15) is 37.3 Å². The third-order valence-corrected chi connectivity index (χ3v) is 4.29. The van der Waals surface area contributed by atoms with Crippen LogP contribution < -0.4 is 0 Å². The number of rotatable bonds is 5. The lowest BCUT2D eigenvalue weighted by Crippen LogP contribution is -2.41. The highest BCUT2D eigenvalue weighted by atomic mass is 15.2. The topological polar surface area (TPSA) is 30.3 Å². The maximum Gasteiger partial charge on any atom is 0.0995 e. The zero-order chi connectivity index (χ0) is 14.4. The predicted octanol–water partition coefficient (Wildman–Crippen LogP) is 2.86. The molecule has 3 nitrogen and oxygen atoms in total. The molecule has 1 saturated heterocycles. The molecule has 108 valence electrons. The number of piperidine rings is 1. The first-order chi connectivity index (χ1) is 9.70. The molecule has 1 unspecified atom stereocenters. The Morgan fingerprint density at radius 2 is 2.15 bits per heavy atom. The molecule has 1 aromatic carbocycles. The van der Waals surface area contributed by atoms with Gasteiger partial charge in [0.1, 0.15) is 0 Å². The molecule has 1 aromatic rings. The first kappa shape index (κ1) is 15.0. The highest BCUT2D eigenvalue weighted by Gasteiger charge is 2.18. The quantitative estimate of drug-likeness (QED) is 0.825. The summed E-state index contributed by atoms with van der Waals surface area (Å²) >= 11 is 0. The Bertz CT molecular complexity index is 464. The highest BCUT2D eigenvalue weighted by molar-refractivity contribution is 5.37. The van der Waals surface area contributed by atoms with E-state index >= 15 is 0 Å². The molecule has 3 heteroatoms. The standard InChI is InChI=1S/C17H25N3/c1-15-7-5-6-10-20(15)12-11-19(2)14-17-9-4-3-8-16(17)13-18/h3-4,8-9,15H,5-7,10-12,14H2,1-2H3. The van der Waals surface area contributed by atoms with Gasteiger partial charge in [0, 0.05) is 25.7 Å². The van der Waals surface area contributed by atoms with Crippen molar-refractivity contribution in [3.63, 3.8) is 0 Å². The lowest BCUT2D eigenvalue weighted by Gasteiger charge is -2.34. The van der Waals surface area contributed by atoms with Crippen LogP contribution in [-0.4, -0.2) is 42.5 Å². The maximum atomic E-state index is 9.12. The summed E-state index contributed by atoms with van der Waals surface area (Å²) in [6.45, 7) is 6.62. The normalized spacial score (nSPS) is 20.0. The molecule has 0 N–H and O–H groups in total. The van der Waals surface area contributed by atoms with Gasteiger partial charge in [-0.05, 0) is 45.0 Å². The number of likely N-dealkylation sites (tertiary alicyclic amines) is 1. The van der Waals surface area contributed by atoms with Crippen LogP contribution in [0.4, 0.5) is 0 Å². The molecule has 0 amide bonds. The molecule has 2 rings (SSSR count). The van der Waals surface area contributed by atoms with Gasteiger partial charge >= 0.3 is 0 Å². The molecule has 0 radical (unpaired) electrons. The van der Waals surface area contributed by atoms with Crippen LogP contribution in [0.5, 0.6) is 0 Å². The summed E-state index contributed by atoms with van der Waals surface area (Å²) in [4.78, 5) is 4.91. The molecule has 0 bridgehead atoms. The van der Waals surface area contributed by atoms with E-state index in [-0.39, 0.29) is 0 Å². The van der Waals surface area contributed by atoms with Gasteiger partial charge in [-0.25, -0.2) is 0 Å². The Hall–Kier alpha value is -1.37. The van der Waals surface area contributed by atoms with Gasteiger partial charge in [-0.15, -0.1) is 0 Å². The van der Waals surface area contributed by atoms with Crippen molar-refractivity contribution in [3.8, 4) is 6.07 Å². The molecule has 0 saturated carbocycles. The van der Waals surface area contributed by atoms with Crippen LogP contribution >= 0.6 is 0 Å². The van der Waals surface area contributed by atoms with Crippen LogP contribution in [0.15, 0.2) is 24.3 Å². The van der Waals surface area contributed by atoms with Crippen LogP contribution in [0.2, 0.25) is 0 Å². The maximum absolute atomic E-state index is 9.12. The van der Waals surface area contributed by atoms with E-state index in [4.69, 9.17) is 5.26 Å². The SMILES string of the molecule is CC1CCCCN1CCN(C)Cc1ccccc1C#N. The average Bonchev–Trinajstić information content (AvgIpc) is 2.47. The Kier molecular flexibility index (Phi) is 5.58. The fourth-order valence-electron chi connectivity index (χ4n) is 2.93. The van der Waals surface area contributed by atoms with E-state index in [0.717, 1.165) is 36.8 Å². The smallest absolute Gasteiger partial charge is 0.0995 e. The minimum absolute atomic E-state index is 0.726. The Morgan fingerprint density at radius 3 is 2.90 bits per heavy atom. The third kappa shape index (κ3) is 4.06. The first-order valence-electron chi connectivity index (χ1n) is 7.61. The van der Waals surface area contributed by atoms with Crippen molar-refractivity contribution in [3.05, 3.63) is 35.4 Å². The molecule has 1 aliphatic rings. The van der Waals surface area contributed by atoms with Crippen LogP contribution in [0.3, 0.4) is 0 Å². The molecule has 1 atom stereocenters. The van der Waals surface area contributed by atoms with E-state index in [2.05, 4.69) is 35.9 Å². The van der Waals surface area contributed by atoms with E-state index < -0.39 is 0 Å². The summed E-state index contributed by atoms with van der Waals surface area (Å²) < 4.78 is 0. The van der Waals surface area contributed by atoms with E-state index in [0.29, 0.717) is 0 Å². The lowest BCUT2D eigenvalue weighted by atomic mass is 10.0. The number of nitriles is 1. The number of likely N-dealkylation sites (N-methyl/N-ethyl adjacent to an activating group) is 1. The zero-order valence-corrected chi connectivity index (χ0v) is 12.7. The molecule has 0 aliphatic carbocycles.